The van der Waals surface area contributed by atoms with E-state index in [1.165, 1.54) is 31.1 Å². The van der Waals surface area contributed by atoms with E-state index in [0.29, 0.717) is 62.0 Å². The van der Waals surface area contributed by atoms with Crippen molar-refractivity contribution in [2.45, 2.75) is 136 Å². The lowest BCUT2D eigenvalue weighted by Gasteiger charge is -2.39. The number of unbranched alkanes of at least 4 members (excludes halogenated alkanes) is 1. The van der Waals surface area contributed by atoms with Gasteiger partial charge in [0.1, 0.15) is 12.6 Å². The van der Waals surface area contributed by atoms with Gasteiger partial charge in [-0.2, -0.15) is 0 Å². The van der Waals surface area contributed by atoms with Crippen LogP contribution in [0.15, 0.2) is 54.6 Å². The van der Waals surface area contributed by atoms with Gasteiger partial charge in [-0.05, 0) is 67.7 Å². The number of hydrogen-bond acceptors (Lipinski definition) is 11. The maximum atomic E-state index is 14.2. The number of carbonyl (C=O) groups excluding carboxylic acids is 7. The van der Waals surface area contributed by atoms with Crippen molar-refractivity contribution in [1.29, 1.82) is 0 Å². The predicted octanol–water partition coefficient (Wildman–Crippen LogP) is 4.33. The van der Waals surface area contributed by atoms with Gasteiger partial charge in [0.05, 0.1) is 55.3 Å². The number of aliphatic hydroxyl groups excluding tert-OH is 1. The first-order valence-electron chi connectivity index (χ1n) is 24.0. The summed E-state index contributed by atoms with van der Waals surface area (Å²) in [5.74, 6) is -2.78. The number of carbonyl (C=O) groups is 7. The van der Waals surface area contributed by atoms with Crippen LogP contribution in [0, 0.1) is 17.8 Å². The summed E-state index contributed by atoms with van der Waals surface area (Å²) < 4.78 is 17.4. The van der Waals surface area contributed by atoms with Crippen molar-refractivity contribution in [3.05, 3.63) is 65.7 Å². The molecule has 69 heavy (non-hydrogen) atoms. The summed E-state index contributed by atoms with van der Waals surface area (Å²) in [6, 6.07) is 12.8. The molecule has 1 fully saturated rings. The summed E-state index contributed by atoms with van der Waals surface area (Å²) in [7, 11) is 6.10. The Balaban J connectivity index is 1.59. The highest BCUT2D eigenvalue weighted by Crippen LogP contribution is 2.30. The molecular formula is C50H78N8O11. The number of likely N-dealkylation sites (tertiary alicyclic amines) is 1. The van der Waals surface area contributed by atoms with Crippen molar-refractivity contribution in [2.24, 2.45) is 23.5 Å². The molecule has 0 radical (unpaired) electrons. The molecule has 3 rings (SSSR count). The number of anilines is 1. The number of urea groups is 1. The van der Waals surface area contributed by atoms with E-state index in [1.807, 2.05) is 32.0 Å². The zero-order chi connectivity index (χ0) is 51.4. The Morgan fingerprint density at radius 1 is 0.870 bits per heavy atom. The number of ether oxygens (including phenoxy) is 3. The molecule has 0 spiro atoms. The fraction of sp³-hybridized carbons (Fsp3) is 0.620. The summed E-state index contributed by atoms with van der Waals surface area (Å²) in [5.41, 5.74) is 6.94. The van der Waals surface area contributed by atoms with Gasteiger partial charge < -0.3 is 56.1 Å². The van der Waals surface area contributed by atoms with E-state index in [4.69, 9.17) is 19.9 Å². The molecule has 2 aromatic rings. The number of likely N-dealkylation sites (N-methyl/N-ethyl adjacent to an activating group) is 2. The number of aliphatic hydroxyl groups is 1. The standard InChI is InChI=1S/C50H78N8O11/c1-11-32(4)44(39(67-9)28-41(60)58-27-17-20-38(58)46(68-10)33(5)47(63)54-34(6)45(62)36-18-13-12-14-19-36)56(7)42(61)29-53-48(64)43(31(2)3)57(8)50(66)69-30-35-22-24-37(25-23-35)55-40(59)21-15-16-26-52-49(51)65/h12-14,18-19,22-25,31-34,38-39,43-46,62H,11,15-17,20-21,26-30H2,1-10H3,(H,53,64)(H,54,63)(H,55,59)(H3,51,52,65)/t32-,33+,34+,38-,39+,43-,44-,45+,46+/m0/s1. The second kappa shape index (κ2) is 28.6. The minimum absolute atomic E-state index is 0.0492. The first-order chi connectivity index (χ1) is 32.7. The number of rotatable bonds is 27. The number of nitrogens with one attached hydrogen (secondary N) is 4. The van der Waals surface area contributed by atoms with Crippen LogP contribution >= 0.6 is 0 Å². The van der Waals surface area contributed by atoms with Gasteiger partial charge in [0.15, 0.2) is 0 Å². The zero-order valence-corrected chi connectivity index (χ0v) is 42.2. The molecule has 19 heteroatoms. The lowest BCUT2D eigenvalue weighted by atomic mass is 9.90. The van der Waals surface area contributed by atoms with Crippen molar-refractivity contribution >= 4 is 47.3 Å². The van der Waals surface area contributed by atoms with E-state index in [1.54, 1.807) is 76.0 Å². The summed E-state index contributed by atoms with van der Waals surface area (Å²) in [6.07, 6.45) is 0.386. The Morgan fingerprint density at radius 2 is 1.54 bits per heavy atom. The molecule has 1 aliphatic rings. The summed E-state index contributed by atoms with van der Waals surface area (Å²) in [4.78, 5) is 96.0. The Labute approximate surface area is 407 Å². The molecule has 2 aromatic carbocycles. The van der Waals surface area contributed by atoms with Crippen molar-refractivity contribution < 1.29 is 52.9 Å². The number of primary amides is 1. The average molecular weight is 967 g/mol. The molecule has 1 heterocycles. The molecule has 0 saturated carbocycles. The number of nitrogens with two attached hydrogens (primary N) is 1. The number of nitrogens with zero attached hydrogens (tertiary/aromatic N) is 3. The number of amides is 8. The van der Waals surface area contributed by atoms with Crippen LogP contribution in [-0.2, 0) is 44.8 Å². The van der Waals surface area contributed by atoms with Gasteiger partial charge in [-0.15, -0.1) is 0 Å². The fourth-order valence-corrected chi connectivity index (χ4v) is 8.91. The number of hydrogen-bond donors (Lipinski definition) is 6. The Hall–Kier alpha value is -5.79. The molecule has 1 aliphatic heterocycles. The van der Waals surface area contributed by atoms with Crippen LogP contribution in [0.5, 0.6) is 0 Å². The maximum absolute atomic E-state index is 14.2. The highest BCUT2D eigenvalue weighted by atomic mass is 16.6. The van der Waals surface area contributed by atoms with E-state index >= 15 is 0 Å². The predicted molar refractivity (Wildman–Crippen MR) is 261 cm³/mol. The van der Waals surface area contributed by atoms with E-state index in [2.05, 4.69) is 21.3 Å². The Kier molecular flexibility index (Phi) is 23.9. The summed E-state index contributed by atoms with van der Waals surface area (Å²) in [6.45, 7) is 11.4. The van der Waals surface area contributed by atoms with E-state index < -0.39 is 72.3 Å². The maximum Gasteiger partial charge on any atom is 0.410 e. The molecule has 0 aromatic heterocycles. The monoisotopic (exact) mass is 967 g/mol. The van der Waals surface area contributed by atoms with Gasteiger partial charge >= 0.3 is 12.1 Å². The van der Waals surface area contributed by atoms with E-state index in [-0.39, 0.29) is 55.6 Å². The lowest BCUT2D eigenvalue weighted by molar-refractivity contribution is -0.146. The molecule has 0 bridgehead atoms. The smallest absolute Gasteiger partial charge is 0.410 e. The van der Waals surface area contributed by atoms with Gasteiger partial charge in [-0.25, -0.2) is 9.59 Å². The minimum Gasteiger partial charge on any atom is -0.445 e. The van der Waals surface area contributed by atoms with Crippen molar-refractivity contribution in [2.75, 3.05) is 53.3 Å². The molecular weight excluding hydrogens is 889 g/mol. The van der Waals surface area contributed by atoms with E-state index in [9.17, 15) is 38.7 Å². The SMILES string of the molecule is CC[C@H](C)[C@@H]([C@@H](CC(=O)N1CCC[C@H]1[C@H](OC)[C@@H](C)C(=O)N[C@H](C)[C@@H](O)c1ccccc1)OC)N(C)C(=O)CNC(=O)[C@H](C(C)C)N(C)C(=O)OCc1ccc(NC(=O)CCCCNC(N)=O)cc1. The largest absolute Gasteiger partial charge is 0.445 e. The van der Waals surface area contributed by atoms with Crippen LogP contribution in [0.1, 0.15) is 104 Å². The third-order valence-corrected chi connectivity index (χ3v) is 13.0. The van der Waals surface area contributed by atoms with Crippen LogP contribution in [-0.4, -0.2) is 146 Å². The van der Waals surface area contributed by atoms with Crippen molar-refractivity contribution in [3.8, 4) is 0 Å². The molecule has 1 saturated heterocycles. The fourth-order valence-electron chi connectivity index (χ4n) is 8.91. The van der Waals surface area contributed by atoms with Gasteiger partial charge in [0.25, 0.3) is 0 Å². The van der Waals surface area contributed by atoms with Crippen molar-refractivity contribution in [3.63, 3.8) is 0 Å². The van der Waals surface area contributed by atoms with Crippen LogP contribution in [0.3, 0.4) is 0 Å². The highest BCUT2D eigenvalue weighted by molar-refractivity contribution is 5.91. The molecule has 0 aliphatic carbocycles. The molecule has 7 N–H and O–H groups in total. The van der Waals surface area contributed by atoms with Gasteiger partial charge in [0, 0.05) is 53.5 Å². The highest BCUT2D eigenvalue weighted by Gasteiger charge is 2.42. The van der Waals surface area contributed by atoms with Gasteiger partial charge in [-0.1, -0.05) is 83.5 Å². The van der Waals surface area contributed by atoms with Crippen LogP contribution < -0.4 is 27.0 Å². The second-order valence-corrected chi connectivity index (χ2v) is 18.4. The number of methoxy groups -OCH3 is 2. The average Bonchev–Trinajstić information content (AvgIpc) is 3.82. The van der Waals surface area contributed by atoms with Crippen LogP contribution in [0.4, 0.5) is 15.3 Å². The van der Waals surface area contributed by atoms with Crippen molar-refractivity contribution in [1.82, 2.24) is 30.7 Å². The van der Waals surface area contributed by atoms with Gasteiger partial charge in [0.2, 0.25) is 29.5 Å². The van der Waals surface area contributed by atoms with Crippen LogP contribution in [0.2, 0.25) is 0 Å². The quantitative estimate of drug-likeness (QED) is 0.0688. The van der Waals surface area contributed by atoms with Crippen LogP contribution in [0.25, 0.3) is 0 Å². The lowest BCUT2D eigenvalue weighted by Crippen LogP contribution is -2.56. The molecule has 9 atom stereocenters. The number of benzene rings is 2. The normalized spacial score (nSPS) is 17.0. The topological polar surface area (TPSA) is 251 Å². The summed E-state index contributed by atoms with van der Waals surface area (Å²) >= 11 is 0. The second-order valence-electron chi connectivity index (χ2n) is 18.4. The minimum atomic E-state index is -0.975. The molecule has 384 valence electrons. The Bertz CT molecular complexity index is 1970. The molecule has 0 unspecified atom stereocenters. The molecule has 19 nitrogen and oxygen atoms in total. The third-order valence-electron chi connectivity index (χ3n) is 13.0. The Morgan fingerprint density at radius 3 is 2.13 bits per heavy atom. The first kappa shape index (κ1) is 57.5. The third kappa shape index (κ3) is 17.3. The first-order valence-corrected chi connectivity index (χ1v) is 24.0. The summed E-state index contributed by atoms with van der Waals surface area (Å²) in [5, 5.41) is 21.8. The van der Waals surface area contributed by atoms with E-state index in [0.717, 1.165) is 0 Å². The van der Waals surface area contributed by atoms with Gasteiger partial charge in [-0.3, -0.25) is 28.9 Å². The molecule has 8 amide bonds. The zero-order valence-electron chi connectivity index (χ0n) is 42.2.